The van der Waals surface area contributed by atoms with Gasteiger partial charge in [-0.25, -0.2) is 0 Å². The van der Waals surface area contributed by atoms with Gasteiger partial charge in [-0.1, -0.05) is 47.5 Å². The third kappa shape index (κ3) is 3.41. The van der Waals surface area contributed by atoms with Gasteiger partial charge >= 0.3 is 0 Å². The number of aryl methyl sites for hydroxylation is 2. The summed E-state index contributed by atoms with van der Waals surface area (Å²) < 4.78 is 2.30. The van der Waals surface area contributed by atoms with Crippen LogP contribution >= 0.6 is 11.6 Å². The van der Waals surface area contributed by atoms with Gasteiger partial charge in [0.05, 0.1) is 10.6 Å². The van der Waals surface area contributed by atoms with E-state index >= 15 is 0 Å². The summed E-state index contributed by atoms with van der Waals surface area (Å²) in [5, 5.41) is 4.49. The quantitative estimate of drug-likeness (QED) is 0.423. The maximum atomic E-state index is 12.6. The van der Waals surface area contributed by atoms with E-state index in [2.05, 4.69) is 60.1 Å². The average Bonchev–Trinajstić information content (AvgIpc) is 3.06. The molecule has 0 aliphatic carbocycles. The fraction of sp³-hybridized carbons (Fsp3) is 0.125. The predicted molar refractivity (Wildman–Crippen MR) is 117 cm³/mol. The zero-order valence-electron chi connectivity index (χ0n) is 15.9. The van der Waals surface area contributed by atoms with Crippen LogP contribution in [0.3, 0.4) is 0 Å². The van der Waals surface area contributed by atoms with Gasteiger partial charge in [0.25, 0.3) is 5.91 Å². The van der Waals surface area contributed by atoms with Crippen molar-refractivity contribution in [2.24, 2.45) is 0 Å². The molecule has 0 atom stereocenters. The van der Waals surface area contributed by atoms with Crippen LogP contribution in [0.4, 0.5) is 5.69 Å². The fourth-order valence-corrected chi connectivity index (χ4v) is 3.80. The van der Waals surface area contributed by atoms with Gasteiger partial charge in [0.15, 0.2) is 0 Å². The molecule has 4 heteroatoms. The summed E-state index contributed by atoms with van der Waals surface area (Å²) in [5.74, 6) is -0.209. The van der Waals surface area contributed by atoms with Crippen LogP contribution in [0.15, 0.2) is 72.8 Å². The Morgan fingerprint density at radius 3 is 2.57 bits per heavy atom. The molecule has 0 radical (unpaired) electrons. The Bertz CT molecular complexity index is 1180. The lowest BCUT2D eigenvalue weighted by atomic mass is 10.1. The van der Waals surface area contributed by atoms with Gasteiger partial charge in [-0.15, -0.1) is 0 Å². The number of fused-ring (bicyclic) bond motifs is 1. The van der Waals surface area contributed by atoms with Crippen molar-refractivity contribution >= 4 is 34.1 Å². The Morgan fingerprint density at radius 1 is 1.00 bits per heavy atom. The van der Waals surface area contributed by atoms with E-state index < -0.39 is 0 Å². The lowest BCUT2D eigenvalue weighted by Crippen LogP contribution is -2.12. The van der Waals surface area contributed by atoms with Crippen molar-refractivity contribution in [1.29, 1.82) is 0 Å². The summed E-state index contributed by atoms with van der Waals surface area (Å²) in [6.07, 6.45) is 0. The second kappa shape index (κ2) is 7.53. The number of rotatable bonds is 4. The van der Waals surface area contributed by atoms with E-state index in [-0.39, 0.29) is 5.91 Å². The molecule has 0 spiro atoms. The molecule has 0 saturated heterocycles. The van der Waals surface area contributed by atoms with Crippen molar-refractivity contribution in [1.82, 2.24) is 4.57 Å². The Hall–Kier alpha value is -3.04. The van der Waals surface area contributed by atoms with E-state index in [1.54, 1.807) is 18.2 Å². The summed E-state index contributed by atoms with van der Waals surface area (Å²) in [5.41, 5.74) is 5.97. The largest absolute Gasteiger partial charge is 0.341 e. The number of anilines is 1. The Morgan fingerprint density at radius 2 is 1.82 bits per heavy atom. The molecule has 0 aliphatic heterocycles. The molecule has 4 rings (SSSR count). The number of aromatic nitrogens is 1. The number of hydrogen-bond donors (Lipinski definition) is 1. The zero-order chi connectivity index (χ0) is 19.7. The molecule has 3 aromatic carbocycles. The Labute approximate surface area is 169 Å². The van der Waals surface area contributed by atoms with Crippen molar-refractivity contribution < 1.29 is 4.79 Å². The first kappa shape index (κ1) is 18.3. The minimum absolute atomic E-state index is 0.209. The molecule has 1 N–H and O–H groups in total. The second-order valence-electron chi connectivity index (χ2n) is 6.85. The highest BCUT2D eigenvalue weighted by Crippen LogP contribution is 2.31. The molecular weight excluding hydrogens is 368 g/mol. The van der Waals surface area contributed by atoms with E-state index in [9.17, 15) is 4.79 Å². The van der Waals surface area contributed by atoms with Crippen LogP contribution in [0.25, 0.3) is 22.2 Å². The van der Waals surface area contributed by atoms with Crippen LogP contribution in [0, 0.1) is 6.92 Å². The smallest absolute Gasteiger partial charge is 0.257 e. The van der Waals surface area contributed by atoms with Crippen LogP contribution in [0.2, 0.25) is 5.02 Å². The van der Waals surface area contributed by atoms with Gasteiger partial charge in [0.2, 0.25) is 0 Å². The molecule has 1 amide bonds. The first-order valence-electron chi connectivity index (χ1n) is 9.33. The van der Waals surface area contributed by atoms with Crippen LogP contribution in [-0.2, 0) is 6.54 Å². The maximum absolute atomic E-state index is 12.6. The first-order chi connectivity index (χ1) is 13.6. The Kier molecular flexibility index (Phi) is 4.93. The number of nitrogens with zero attached hydrogens (tertiary/aromatic N) is 1. The molecule has 3 nitrogen and oxygen atoms in total. The molecule has 1 aromatic heterocycles. The van der Waals surface area contributed by atoms with Gasteiger partial charge in [0.1, 0.15) is 0 Å². The minimum Gasteiger partial charge on any atom is -0.341 e. The lowest BCUT2D eigenvalue weighted by molar-refractivity contribution is 0.102. The number of halogens is 1. The third-order valence-corrected chi connectivity index (χ3v) is 5.24. The van der Waals surface area contributed by atoms with E-state index in [0.29, 0.717) is 10.6 Å². The molecule has 0 saturated carbocycles. The molecule has 28 heavy (non-hydrogen) atoms. The van der Waals surface area contributed by atoms with Crippen LogP contribution in [0.1, 0.15) is 22.8 Å². The van der Waals surface area contributed by atoms with Crippen LogP contribution < -0.4 is 5.32 Å². The summed E-state index contributed by atoms with van der Waals surface area (Å²) in [4.78, 5) is 12.6. The number of carbonyl (C=O) groups excluding carboxylic acids is 1. The van der Waals surface area contributed by atoms with Gasteiger partial charge in [-0.3, -0.25) is 4.79 Å². The van der Waals surface area contributed by atoms with Crippen molar-refractivity contribution in [3.8, 4) is 11.3 Å². The second-order valence-corrected chi connectivity index (χ2v) is 7.26. The summed E-state index contributed by atoms with van der Waals surface area (Å²) >= 11 is 6.14. The number of amides is 1. The maximum Gasteiger partial charge on any atom is 0.257 e. The SMILES string of the molecule is CCn1c(-c2cccc(C)c2)cc2cc(NC(=O)c3ccccc3Cl)ccc21. The van der Waals surface area contributed by atoms with E-state index in [1.807, 2.05) is 18.2 Å². The monoisotopic (exact) mass is 388 g/mol. The molecule has 0 aliphatic rings. The number of nitrogens with one attached hydrogen (secondary N) is 1. The highest BCUT2D eigenvalue weighted by Gasteiger charge is 2.13. The van der Waals surface area contributed by atoms with E-state index in [0.717, 1.165) is 23.1 Å². The first-order valence-corrected chi connectivity index (χ1v) is 9.71. The number of carbonyl (C=O) groups is 1. The lowest BCUT2D eigenvalue weighted by Gasteiger charge is -2.09. The highest BCUT2D eigenvalue weighted by atomic mass is 35.5. The molecule has 0 fully saturated rings. The fourth-order valence-electron chi connectivity index (χ4n) is 3.58. The number of hydrogen-bond acceptors (Lipinski definition) is 1. The van der Waals surface area contributed by atoms with Gasteiger partial charge in [0, 0.05) is 28.8 Å². The summed E-state index contributed by atoms with van der Waals surface area (Å²) in [6.45, 7) is 5.12. The molecule has 1 heterocycles. The van der Waals surface area contributed by atoms with Crippen molar-refractivity contribution in [2.45, 2.75) is 20.4 Å². The number of benzene rings is 3. The van der Waals surface area contributed by atoms with Crippen molar-refractivity contribution in [2.75, 3.05) is 5.32 Å². The topological polar surface area (TPSA) is 34.0 Å². The standard InChI is InChI=1S/C24H21ClN2O/c1-3-27-22-12-11-19(26-24(28)20-9-4-5-10-21(20)25)14-18(22)15-23(27)17-8-6-7-16(2)13-17/h4-15H,3H2,1-2H3,(H,26,28). The summed E-state index contributed by atoms with van der Waals surface area (Å²) in [7, 11) is 0. The van der Waals surface area contributed by atoms with Gasteiger partial charge < -0.3 is 9.88 Å². The van der Waals surface area contributed by atoms with E-state index in [1.165, 1.54) is 16.8 Å². The average molecular weight is 389 g/mol. The van der Waals surface area contributed by atoms with Crippen LogP contribution in [0.5, 0.6) is 0 Å². The van der Waals surface area contributed by atoms with Crippen LogP contribution in [-0.4, -0.2) is 10.5 Å². The van der Waals surface area contributed by atoms with Gasteiger partial charge in [-0.05, 0) is 61.9 Å². The molecule has 0 bridgehead atoms. The molecule has 140 valence electrons. The van der Waals surface area contributed by atoms with Gasteiger partial charge in [-0.2, -0.15) is 0 Å². The molecule has 0 unspecified atom stereocenters. The third-order valence-electron chi connectivity index (χ3n) is 4.91. The normalized spacial score (nSPS) is 11.0. The molecule has 4 aromatic rings. The zero-order valence-corrected chi connectivity index (χ0v) is 16.6. The summed E-state index contributed by atoms with van der Waals surface area (Å²) in [6, 6.07) is 23.7. The van der Waals surface area contributed by atoms with Crippen molar-refractivity contribution in [3.63, 3.8) is 0 Å². The Balaban J connectivity index is 1.72. The minimum atomic E-state index is -0.209. The predicted octanol–water partition coefficient (Wildman–Crippen LogP) is 6.54. The van der Waals surface area contributed by atoms with Crippen molar-refractivity contribution in [3.05, 3.63) is 88.9 Å². The van der Waals surface area contributed by atoms with E-state index in [4.69, 9.17) is 11.6 Å². The highest BCUT2D eigenvalue weighted by molar-refractivity contribution is 6.34. The molecular formula is C24H21ClN2O.